The maximum atomic E-state index is 11.7. The van der Waals surface area contributed by atoms with Crippen LogP contribution >= 0.6 is 15.6 Å². The zero-order chi connectivity index (χ0) is 43.2. The van der Waals surface area contributed by atoms with E-state index in [1.165, 1.54) is 13.8 Å². The quantitative estimate of drug-likeness (QED) is 0.0335. The molecule has 56 heavy (non-hydrogen) atoms. The van der Waals surface area contributed by atoms with Crippen LogP contribution in [0, 0.1) is 0 Å². The molecule has 0 aromatic carbocycles. The number of amides is 2. The van der Waals surface area contributed by atoms with Crippen LogP contribution in [-0.2, 0) is 65.5 Å². The number of cyclic esters (lactones) is 4. The SMILES string of the molecule is CC.CC.CCOP(=O)(O)OCCCCCCNC(=O)CCC1=C(C)C(=O)OC1=O.CCOP(=O)(O)OCCCCCCNC(=O)CCC1=C(C)C(=O)OC1=O. The lowest BCUT2D eigenvalue weighted by Crippen LogP contribution is -2.24. The Hall–Kier alpha value is -3.08. The summed E-state index contributed by atoms with van der Waals surface area (Å²) < 4.78 is 50.1. The van der Waals surface area contributed by atoms with E-state index in [4.69, 9.17) is 9.05 Å². The molecule has 324 valence electrons. The minimum absolute atomic E-state index is 0.113. The second kappa shape index (κ2) is 31.9. The Kier molecular flexibility index (Phi) is 31.4. The van der Waals surface area contributed by atoms with Crippen molar-refractivity contribution in [1.82, 2.24) is 10.6 Å². The number of rotatable bonds is 26. The van der Waals surface area contributed by atoms with Crippen LogP contribution in [0.4, 0.5) is 0 Å². The summed E-state index contributed by atoms with van der Waals surface area (Å²) in [4.78, 5) is 87.1. The first kappa shape index (κ1) is 55.0. The van der Waals surface area contributed by atoms with Crippen molar-refractivity contribution in [1.29, 1.82) is 0 Å². The highest BCUT2D eigenvalue weighted by Gasteiger charge is 2.30. The number of hydrogen-bond acceptors (Lipinski definition) is 14. The number of esters is 4. The van der Waals surface area contributed by atoms with Gasteiger partial charge in [0.05, 0.1) is 26.4 Å². The number of phosphoric acid groups is 2. The Morgan fingerprint density at radius 2 is 0.875 bits per heavy atom. The fourth-order valence-electron chi connectivity index (χ4n) is 4.61. The molecule has 2 rings (SSSR count). The Morgan fingerprint density at radius 3 is 1.16 bits per heavy atom. The monoisotopic (exact) mass is 842 g/mol. The summed E-state index contributed by atoms with van der Waals surface area (Å²) in [6.07, 6.45) is 6.61. The van der Waals surface area contributed by atoms with Crippen LogP contribution < -0.4 is 10.6 Å². The van der Waals surface area contributed by atoms with E-state index in [1.54, 1.807) is 13.8 Å². The number of unbranched alkanes of at least 4 members (excludes halogenated alkanes) is 6. The van der Waals surface area contributed by atoms with Crippen molar-refractivity contribution < 1.29 is 75.3 Å². The van der Waals surface area contributed by atoms with E-state index in [-0.39, 0.29) is 86.2 Å². The third-order valence-corrected chi connectivity index (χ3v) is 9.65. The molecule has 2 aliphatic rings. The fraction of sp³-hybridized carbons (Fsp3) is 0.722. The second-order valence-electron chi connectivity index (χ2n) is 11.5. The van der Waals surface area contributed by atoms with Crippen LogP contribution in [0.25, 0.3) is 0 Å². The van der Waals surface area contributed by atoms with Crippen molar-refractivity contribution in [3.05, 3.63) is 22.3 Å². The summed E-state index contributed by atoms with van der Waals surface area (Å²) in [6.45, 7) is 15.7. The van der Waals surface area contributed by atoms with Gasteiger partial charge in [-0.3, -0.25) is 27.7 Å². The normalized spacial score (nSPS) is 15.6. The van der Waals surface area contributed by atoms with Gasteiger partial charge in [-0.05, 0) is 66.2 Å². The van der Waals surface area contributed by atoms with Crippen LogP contribution in [0.5, 0.6) is 0 Å². The largest absolute Gasteiger partial charge is 0.472 e. The highest BCUT2D eigenvalue weighted by atomic mass is 31.2. The van der Waals surface area contributed by atoms with E-state index in [0.29, 0.717) is 25.9 Å². The van der Waals surface area contributed by atoms with E-state index >= 15 is 0 Å². The van der Waals surface area contributed by atoms with Crippen molar-refractivity contribution in [2.75, 3.05) is 39.5 Å². The highest BCUT2D eigenvalue weighted by Crippen LogP contribution is 2.43. The minimum atomic E-state index is -3.91. The molecule has 0 bridgehead atoms. The van der Waals surface area contributed by atoms with Crippen LogP contribution in [-0.4, -0.2) is 85.0 Å². The van der Waals surface area contributed by atoms with Crippen molar-refractivity contribution in [3.63, 3.8) is 0 Å². The van der Waals surface area contributed by atoms with E-state index in [0.717, 1.165) is 38.5 Å². The van der Waals surface area contributed by atoms with Gasteiger partial charge in [0.1, 0.15) is 0 Å². The van der Waals surface area contributed by atoms with Gasteiger partial charge >= 0.3 is 39.5 Å². The maximum Gasteiger partial charge on any atom is 0.472 e. The zero-order valence-electron chi connectivity index (χ0n) is 34.2. The fourth-order valence-corrected chi connectivity index (χ4v) is 6.13. The number of carbonyl (C=O) groups excluding carboxylic acids is 6. The molecule has 2 heterocycles. The molecule has 4 N–H and O–H groups in total. The van der Waals surface area contributed by atoms with E-state index in [9.17, 15) is 47.7 Å². The number of hydrogen-bond donors (Lipinski definition) is 4. The zero-order valence-corrected chi connectivity index (χ0v) is 36.0. The van der Waals surface area contributed by atoms with Gasteiger partial charge in [0, 0.05) is 48.2 Å². The Labute approximate surface area is 331 Å². The topological polar surface area (TPSA) is 256 Å². The smallest absolute Gasteiger partial charge is 0.386 e. The summed E-state index contributed by atoms with van der Waals surface area (Å²) in [6, 6.07) is 0. The van der Waals surface area contributed by atoms with E-state index < -0.39 is 39.5 Å². The highest BCUT2D eigenvalue weighted by molar-refractivity contribution is 7.47. The molecule has 0 saturated carbocycles. The molecule has 0 aromatic heterocycles. The summed E-state index contributed by atoms with van der Waals surface area (Å²) in [7, 11) is -7.82. The predicted octanol–water partition coefficient (Wildman–Crippen LogP) is 6.05. The molecule has 2 amide bonds. The van der Waals surface area contributed by atoms with E-state index in [2.05, 4.69) is 29.2 Å². The van der Waals surface area contributed by atoms with Crippen LogP contribution in [0.2, 0.25) is 0 Å². The van der Waals surface area contributed by atoms with Crippen molar-refractivity contribution in [2.45, 2.75) is 132 Å². The Balaban J connectivity index is 0. The molecule has 0 radical (unpaired) electrons. The van der Waals surface area contributed by atoms with Gasteiger partial charge in [-0.15, -0.1) is 0 Å². The van der Waals surface area contributed by atoms with Crippen LogP contribution in [0.15, 0.2) is 22.3 Å². The van der Waals surface area contributed by atoms with Gasteiger partial charge in [-0.2, -0.15) is 0 Å². The number of nitrogens with one attached hydrogen (secondary N) is 2. The molecule has 0 aromatic rings. The average Bonchev–Trinajstić information content (AvgIpc) is 3.54. The van der Waals surface area contributed by atoms with Gasteiger partial charge in [0.15, 0.2) is 0 Å². The molecule has 18 nitrogen and oxygen atoms in total. The first-order valence-electron chi connectivity index (χ1n) is 19.2. The van der Waals surface area contributed by atoms with Gasteiger partial charge < -0.3 is 29.9 Å². The van der Waals surface area contributed by atoms with Gasteiger partial charge in [-0.1, -0.05) is 53.4 Å². The lowest BCUT2D eigenvalue weighted by Gasteiger charge is -2.10. The minimum Gasteiger partial charge on any atom is -0.386 e. The third kappa shape index (κ3) is 25.2. The number of carbonyl (C=O) groups is 6. The number of phosphoric ester groups is 2. The first-order chi connectivity index (χ1) is 26.5. The molecule has 20 heteroatoms. The predicted molar refractivity (Wildman–Crippen MR) is 207 cm³/mol. The van der Waals surface area contributed by atoms with E-state index in [1.807, 2.05) is 27.7 Å². The lowest BCUT2D eigenvalue weighted by atomic mass is 10.1. The second-order valence-corrected chi connectivity index (χ2v) is 14.4. The third-order valence-electron chi connectivity index (χ3n) is 7.47. The molecule has 2 aliphatic heterocycles. The van der Waals surface area contributed by atoms with Crippen molar-refractivity contribution in [2.24, 2.45) is 0 Å². The van der Waals surface area contributed by atoms with Crippen molar-refractivity contribution in [3.8, 4) is 0 Å². The van der Waals surface area contributed by atoms with Crippen LogP contribution in [0.3, 0.4) is 0 Å². The molecule has 0 fully saturated rings. The van der Waals surface area contributed by atoms with Gasteiger partial charge in [0.25, 0.3) is 0 Å². The molecule has 0 spiro atoms. The maximum absolute atomic E-state index is 11.7. The summed E-state index contributed by atoms with van der Waals surface area (Å²) in [5.41, 5.74) is 1.06. The Bertz CT molecular complexity index is 1310. The molecule has 0 aliphatic carbocycles. The molecular formula is C36H64N2O16P2. The van der Waals surface area contributed by atoms with Gasteiger partial charge in [0.2, 0.25) is 11.8 Å². The summed E-state index contributed by atoms with van der Waals surface area (Å²) in [5.74, 6) is -3.02. The summed E-state index contributed by atoms with van der Waals surface area (Å²) >= 11 is 0. The molecular weight excluding hydrogens is 778 g/mol. The molecule has 2 unspecified atom stereocenters. The van der Waals surface area contributed by atoms with Gasteiger partial charge in [-0.25, -0.2) is 28.3 Å². The average molecular weight is 843 g/mol. The standard InChI is InChI=1S/2C16H26NO8P.2C2H6/c2*1-3-23-26(21,22)24-11-7-5-4-6-10-17-14(18)9-8-13-12(2)15(19)25-16(13)20;2*1-2/h2*3-11H2,1-2H3,(H,17,18)(H,21,22);2*1-2H3. The molecule has 0 saturated heterocycles. The first-order valence-corrected chi connectivity index (χ1v) is 22.2. The van der Waals surface area contributed by atoms with Crippen molar-refractivity contribution >= 4 is 51.3 Å². The van der Waals surface area contributed by atoms with Crippen LogP contribution in [0.1, 0.15) is 132 Å². The summed E-state index contributed by atoms with van der Waals surface area (Å²) in [5, 5.41) is 5.49. The number of ether oxygens (including phenoxy) is 2. The lowest BCUT2D eigenvalue weighted by molar-refractivity contribution is -0.152. The Morgan fingerprint density at radius 1 is 0.554 bits per heavy atom. The molecule has 2 atom stereocenters.